The van der Waals surface area contributed by atoms with Gasteiger partial charge in [-0.1, -0.05) is 38.1 Å². The number of hydrogen-bond acceptors (Lipinski definition) is 3. The fourth-order valence-electron chi connectivity index (χ4n) is 2.78. The lowest BCUT2D eigenvalue weighted by Gasteiger charge is -2.26. The first kappa shape index (κ1) is 13.8. The molecule has 0 aliphatic carbocycles. The Kier molecular flexibility index (Phi) is 3.50. The Labute approximate surface area is 124 Å². The Morgan fingerprint density at radius 2 is 1.71 bits per heavy atom. The standard InChI is InChI=1S/C18H20O3/c1-11(2)12-3-5-13(6-4-12)15-7-14-8-16(19)17(20)9-18(14)21-10-15/h3-6,8-9,11,15,19-20H,7,10H2,1-2H3. The van der Waals surface area contributed by atoms with Gasteiger partial charge >= 0.3 is 0 Å². The van der Waals surface area contributed by atoms with Gasteiger partial charge in [-0.3, -0.25) is 0 Å². The van der Waals surface area contributed by atoms with E-state index in [9.17, 15) is 10.2 Å². The van der Waals surface area contributed by atoms with Crippen LogP contribution < -0.4 is 4.74 Å². The van der Waals surface area contributed by atoms with Crippen LogP contribution in [0.4, 0.5) is 0 Å². The monoisotopic (exact) mass is 284 g/mol. The van der Waals surface area contributed by atoms with Crippen molar-refractivity contribution in [3.63, 3.8) is 0 Å². The van der Waals surface area contributed by atoms with Gasteiger partial charge < -0.3 is 14.9 Å². The van der Waals surface area contributed by atoms with Gasteiger partial charge in [0.25, 0.3) is 0 Å². The molecule has 1 aliphatic rings. The second-order valence-corrected chi connectivity index (χ2v) is 5.98. The van der Waals surface area contributed by atoms with Crippen LogP contribution in [-0.4, -0.2) is 16.8 Å². The first-order valence-electron chi connectivity index (χ1n) is 7.32. The van der Waals surface area contributed by atoms with Gasteiger partial charge in [-0.15, -0.1) is 0 Å². The molecule has 2 N–H and O–H groups in total. The van der Waals surface area contributed by atoms with Crippen molar-refractivity contribution in [2.24, 2.45) is 0 Å². The Bertz CT molecular complexity index is 644. The van der Waals surface area contributed by atoms with Crippen molar-refractivity contribution in [1.82, 2.24) is 0 Å². The average Bonchev–Trinajstić information content (AvgIpc) is 2.48. The van der Waals surface area contributed by atoms with E-state index in [-0.39, 0.29) is 17.4 Å². The van der Waals surface area contributed by atoms with E-state index in [0.29, 0.717) is 18.3 Å². The minimum absolute atomic E-state index is 0.0897. The number of fused-ring (bicyclic) bond motifs is 1. The Morgan fingerprint density at radius 3 is 2.38 bits per heavy atom. The lowest BCUT2D eigenvalue weighted by atomic mass is 9.89. The Morgan fingerprint density at radius 1 is 1.05 bits per heavy atom. The highest BCUT2D eigenvalue weighted by Gasteiger charge is 2.23. The summed E-state index contributed by atoms with van der Waals surface area (Å²) in [4.78, 5) is 0. The molecule has 21 heavy (non-hydrogen) atoms. The molecule has 110 valence electrons. The highest BCUT2D eigenvalue weighted by molar-refractivity contribution is 5.50. The summed E-state index contributed by atoms with van der Waals surface area (Å²) in [6.07, 6.45) is 0.810. The first-order chi connectivity index (χ1) is 10.0. The maximum atomic E-state index is 9.62. The van der Waals surface area contributed by atoms with Crippen LogP contribution in [0.25, 0.3) is 0 Å². The van der Waals surface area contributed by atoms with Gasteiger partial charge in [-0.05, 0) is 35.1 Å². The van der Waals surface area contributed by atoms with E-state index < -0.39 is 0 Å². The quantitative estimate of drug-likeness (QED) is 0.821. The summed E-state index contributed by atoms with van der Waals surface area (Å²) in [5.74, 6) is 1.26. The molecule has 3 rings (SSSR count). The third-order valence-electron chi connectivity index (χ3n) is 4.14. The van der Waals surface area contributed by atoms with E-state index >= 15 is 0 Å². The molecular weight excluding hydrogens is 264 g/mol. The maximum absolute atomic E-state index is 9.62. The minimum Gasteiger partial charge on any atom is -0.504 e. The number of aromatic hydroxyl groups is 2. The molecule has 0 aromatic heterocycles. The zero-order chi connectivity index (χ0) is 15.0. The second kappa shape index (κ2) is 5.32. The van der Waals surface area contributed by atoms with Crippen LogP contribution in [0.3, 0.4) is 0 Å². The summed E-state index contributed by atoms with van der Waals surface area (Å²) in [5, 5.41) is 19.1. The molecule has 3 nitrogen and oxygen atoms in total. The van der Waals surface area contributed by atoms with Crippen LogP contribution in [0.2, 0.25) is 0 Å². The van der Waals surface area contributed by atoms with Crippen LogP contribution in [0.5, 0.6) is 17.2 Å². The summed E-state index contributed by atoms with van der Waals surface area (Å²) in [7, 11) is 0. The summed E-state index contributed by atoms with van der Waals surface area (Å²) < 4.78 is 5.73. The number of rotatable bonds is 2. The van der Waals surface area contributed by atoms with Gasteiger partial charge in [0.2, 0.25) is 0 Å². The van der Waals surface area contributed by atoms with Gasteiger partial charge in [0.1, 0.15) is 5.75 Å². The van der Waals surface area contributed by atoms with Crippen LogP contribution in [-0.2, 0) is 6.42 Å². The third kappa shape index (κ3) is 2.68. The van der Waals surface area contributed by atoms with E-state index in [0.717, 1.165) is 12.0 Å². The molecule has 0 spiro atoms. The zero-order valence-electron chi connectivity index (χ0n) is 12.3. The molecule has 1 aliphatic heterocycles. The van der Waals surface area contributed by atoms with Crippen LogP contribution in [0.1, 0.15) is 42.4 Å². The van der Waals surface area contributed by atoms with E-state index in [1.807, 2.05) is 0 Å². The summed E-state index contributed by atoms with van der Waals surface area (Å²) in [6.45, 7) is 4.96. The number of ether oxygens (including phenoxy) is 1. The highest BCUT2D eigenvalue weighted by Crippen LogP contribution is 2.39. The van der Waals surface area contributed by atoms with E-state index in [4.69, 9.17) is 4.74 Å². The molecule has 1 heterocycles. The lowest BCUT2D eigenvalue weighted by molar-refractivity contribution is 0.260. The minimum atomic E-state index is -0.131. The van der Waals surface area contributed by atoms with Crippen molar-refractivity contribution in [3.05, 3.63) is 53.1 Å². The van der Waals surface area contributed by atoms with Gasteiger partial charge in [0, 0.05) is 12.0 Å². The molecule has 2 aromatic rings. The third-order valence-corrected chi connectivity index (χ3v) is 4.14. The van der Waals surface area contributed by atoms with Gasteiger partial charge in [0.15, 0.2) is 11.5 Å². The molecule has 0 amide bonds. The molecule has 2 aromatic carbocycles. The number of benzene rings is 2. The summed E-state index contributed by atoms with van der Waals surface area (Å²) in [5.41, 5.74) is 3.52. The smallest absolute Gasteiger partial charge is 0.161 e. The molecule has 0 bridgehead atoms. The highest BCUT2D eigenvalue weighted by atomic mass is 16.5. The van der Waals surface area contributed by atoms with Gasteiger partial charge in [-0.2, -0.15) is 0 Å². The fraction of sp³-hybridized carbons (Fsp3) is 0.333. The molecule has 0 saturated carbocycles. The normalized spacial score (nSPS) is 17.4. The predicted octanol–water partition coefficient (Wildman–Crippen LogP) is 3.94. The zero-order valence-corrected chi connectivity index (χ0v) is 12.3. The largest absolute Gasteiger partial charge is 0.504 e. The van der Waals surface area contributed by atoms with Gasteiger partial charge in [-0.25, -0.2) is 0 Å². The molecule has 1 unspecified atom stereocenters. The van der Waals surface area contributed by atoms with Crippen molar-refractivity contribution in [1.29, 1.82) is 0 Å². The van der Waals surface area contributed by atoms with Crippen molar-refractivity contribution in [2.75, 3.05) is 6.61 Å². The molecule has 0 saturated heterocycles. The molecule has 0 fully saturated rings. The Hall–Kier alpha value is -2.16. The van der Waals surface area contributed by atoms with Crippen molar-refractivity contribution < 1.29 is 14.9 Å². The number of phenols is 2. The topological polar surface area (TPSA) is 49.7 Å². The molecular formula is C18H20O3. The average molecular weight is 284 g/mol. The molecule has 0 radical (unpaired) electrons. The lowest BCUT2D eigenvalue weighted by Crippen LogP contribution is -2.19. The fourth-order valence-corrected chi connectivity index (χ4v) is 2.78. The Balaban J connectivity index is 1.84. The maximum Gasteiger partial charge on any atom is 0.161 e. The summed E-state index contributed by atoms with van der Waals surface area (Å²) >= 11 is 0. The molecule has 1 atom stereocenters. The van der Waals surface area contributed by atoms with Crippen molar-refractivity contribution in [2.45, 2.75) is 32.1 Å². The van der Waals surface area contributed by atoms with Gasteiger partial charge in [0.05, 0.1) is 6.61 Å². The number of hydrogen-bond donors (Lipinski definition) is 2. The van der Waals surface area contributed by atoms with Crippen molar-refractivity contribution >= 4 is 0 Å². The van der Waals surface area contributed by atoms with E-state index in [2.05, 4.69) is 38.1 Å². The summed E-state index contributed by atoms with van der Waals surface area (Å²) in [6, 6.07) is 11.7. The molecule has 3 heteroatoms. The van der Waals surface area contributed by atoms with Crippen molar-refractivity contribution in [3.8, 4) is 17.2 Å². The van der Waals surface area contributed by atoms with Crippen LogP contribution in [0.15, 0.2) is 36.4 Å². The van der Waals surface area contributed by atoms with Crippen LogP contribution in [0, 0.1) is 0 Å². The van der Waals surface area contributed by atoms with E-state index in [1.54, 1.807) is 6.07 Å². The first-order valence-corrected chi connectivity index (χ1v) is 7.32. The second-order valence-electron chi connectivity index (χ2n) is 5.98. The van der Waals surface area contributed by atoms with Crippen LogP contribution >= 0.6 is 0 Å². The predicted molar refractivity (Wildman–Crippen MR) is 82.2 cm³/mol. The SMILES string of the molecule is CC(C)c1ccc(C2COc3cc(O)c(O)cc3C2)cc1. The number of phenolic OH excluding ortho intramolecular Hbond substituents is 2. The van der Waals surface area contributed by atoms with E-state index in [1.165, 1.54) is 17.2 Å².